The van der Waals surface area contributed by atoms with Crippen LogP contribution in [0.25, 0.3) is 0 Å². The molecule has 1 heterocycles. The molecular formula is C19H23FN2O4. The Labute approximate surface area is 151 Å². The van der Waals surface area contributed by atoms with Crippen LogP contribution in [0.15, 0.2) is 42.5 Å². The number of hydrogen-bond acceptors (Lipinski definition) is 4. The molecule has 140 valence electrons. The van der Waals surface area contributed by atoms with Crippen LogP contribution in [0.1, 0.15) is 29.9 Å². The van der Waals surface area contributed by atoms with Crippen molar-refractivity contribution in [3.05, 3.63) is 59.4 Å². The second-order valence-electron chi connectivity index (χ2n) is 6.12. The molecule has 0 spiro atoms. The van der Waals surface area contributed by atoms with Crippen molar-refractivity contribution < 1.29 is 24.5 Å². The number of aromatic hydroxyl groups is 2. The molecule has 1 aliphatic heterocycles. The van der Waals surface area contributed by atoms with Gasteiger partial charge in [-0.25, -0.2) is 9.18 Å². The summed E-state index contributed by atoms with van der Waals surface area (Å²) in [5.74, 6) is 0.0529. The molecule has 0 radical (unpaired) electrons. The van der Waals surface area contributed by atoms with Crippen LogP contribution in [0.2, 0.25) is 0 Å². The first-order valence-corrected chi connectivity index (χ1v) is 8.35. The molecule has 5 N–H and O–H groups in total. The van der Waals surface area contributed by atoms with Gasteiger partial charge in [0.1, 0.15) is 17.3 Å². The predicted molar refractivity (Wildman–Crippen MR) is 95.6 cm³/mol. The van der Waals surface area contributed by atoms with Gasteiger partial charge in [-0.15, -0.1) is 0 Å². The van der Waals surface area contributed by atoms with Crippen molar-refractivity contribution in [1.29, 1.82) is 0 Å². The number of halogens is 1. The van der Waals surface area contributed by atoms with Crippen molar-refractivity contribution in [2.75, 3.05) is 13.1 Å². The largest absolute Gasteiger partial charge is 0.508 e. The SMILES string of the molecule is NCc1cccc(F)c1.O=C(O)N1CCC(c2ccc(O)cc2O)CC1. The van der Waals surface area contributed by atoms with E-state index in [0.717, 1.165) is 11.1 Å². The zero-order valence-electron chi connectivity index (χ0n) is 14.3. The third kappa shape index (κ3) is 5.35. The Morgan fingerprint density at radius 1 is 1.15 bits per heavy atom. The molecule has 1 fully saturated rings. The lowest BCUT2D eigenvalue weighted by Gasteiger charge is -2.30. The zero-order valence-corrected chi connectivity index (χ0v) is 14.3. The lowest BCUT2D eigenvalue weighted by Crippen LogP contribution is -2.36. The molecule has 1 amide bonds. The molecule has 26 heavy (non-hydrogen) atoms. The van der Waals surface area contributed by atoms with Crippen LogP contribution in [-0.2, 0) is 6.54 Å². The van der Waals surface area contributed by atoms with Gasteiger partial charge in [0.05, 0.1) is 0 Å². The summed E-state index contributed by atoms with van der Waals surface area (Å²) in [5.41, 5.74) is 6.87. The van der Waals surface area contributed by atoms with E-state index < -0.39 is 6.09 Å². The summed E-state index contributed by atoms with van der Waals surface area (Å²) in [6.45, 7) is 1.37. The number of carbonyl (C=O) groups is 1. The summed E-state index contributed by atoms with van der Waals surface area (Å²) in [6.07, 6.45) is 0.508. The van der Waals surface area contributed by atoms with Gasteiger partial charge in [0.15, 0.2) is 0 Å². The smallest absolute Gasteiger partial charge is 0.407 e. The lowest BCUT2D eigenvalue weighted by molar-refractivity contribution is 0.132. The summed E-state index contributed by atoms with van der Waals surface area (Å²) in [7, 11) is 0. The highest BCUT2D eigenvalue weighted by molar-refractivity contribution is 5.65. The maximum absolute atomic E-state index is 12.3. The Morgan fingerprint density at radius 3 is 2.35 bits per heavy atom. The molecule has 1 aliphatic rings. The first-order valence-electron chi connectivity index (χ1n) is 8.35. The number of phenols is 2. The van der Waals surface area contributed by atoms with Gasteiger partial charge < -0.3 is 26.0 Å². The molecule has 0 aliphatic carbocycles. The highest BCUT2D eigenvalue weighted by atomic mass is 19.1. The molecule has 2 aromatic carbocycles. The number of likely N-dealkylation sites (tertiary alicyclic amines) is 1. The molecule has 0 aromatic heterocycles. The van der Waals surface area contributed by atoms with Gasteiger partial charge in [-0.2, -0.15) is 0 Å². The number of rotatable bonds is 2. The predicted octanol–water partition coefficient (Wildman–Crippen LogP) is 3.24. The van der Waals surface area contributed by atoms with E-state index in [4.69, 9.17) is 10.8 Å². The normalized spacial score (nSPS) is 14.5. The van der Waals surface area contributed by atoms with Crippen LogP contribution >= 0.6 is 0 Å². The number of benzene rings is 2. The minimum atomic E-state index is -0.890. The van der Waals surface area contributed by atoms with Crippen LogP contribution < -0.4 is 5.73 Å². The number of nitrogens with zero attached hydrogens (tertiary/aromatic N) is 1. The van der Waals surface area contributed by atoms with Gasteiger partial charge in [-0.1, -0.05) is 18.2 Å². The van der Waals surface area contributed by atoms with E-state index in [1.54, 1.807) is 24.3 Å². The third-order valence-corrected chi connectivity index (χ3v) is 4.34. The summed E-state index contributed by atoms with van der Waals surface area (Å²) < 4.78 is 12.3. The molecule has 7 heteroatoms. The molecule has 0 atom stereocenters. The Balaban J connectivity index is 0.000000228. The minimum absolute atomic E-state index is 0.0363. The molecule has 1 saturated heterocycles. The molecular weight excluding hydrogens is 339 g/mol. The molecule has 3 rings (SSSR count). The summed E-state index contributed by atoms with van der Waals surface area (Å²) in [4.78, 5) is 12.1. The number of carboxylic acid groups (broad SMARTS) is 1. The van der Waals surface area contributed by atoms with Gasteiger partial charge in [-0.05, 0) is 48.1 Å². The van der Waals surface area contributed by atoms with E-state index in [1.165, 1.54) is 23.1 Å². The van der Waals surface area contributed by atoms with E-state index in [9.17, 15) is 19.4 Å². The van der Waals surface area contributed by atoms with E-state index in [0.29, 0.717) is 32.5 Å². The molecule has 0 bridgehead atoms. The molecule has 6 nitrogen and oxygen atoms in total. The standard InChI is InChI=1S/C12H15NO4.C7H8FN/c14-9-1-2-10(11(15)7-9)8-3-5-13(6-4-8)12(16)17;8-7-3-1-2-6(4-7)5-9/h1-2,7-8,14-15H,3-6H2,(H,16,17);1-4H,5,9H2. The van der Waals surface area contributed by atoms with Crippen molar-refractivity contribution in [2.24, 2.45) is 5.73 Å². The van der Waals surface area contributed by atoms with Gasteiger partial charge >= 0.3 is 6.09 Å². The average Bonchev–Trinajstić information content (AvgIpc) is 2.62. The van der Waals surface area contributed by atoms with Gasteiger partial charge in [0.2, 0.25) is 0 Å². The Morgan fingerprint density at radius 2 is 1.85 bits per heavy atom. The van der Waals surface area contributed by atoms with Gasteiger partial charge in [0.25, 0.3) is 0 Å². The first-order chi connectivity index (χ1) is 12.4. The summed E-state index contributed by atoms with van der Waals surface area (Å²) in [5, 5.41) is 27.8. The van der Waals surface area contributed by atoms with Crippen molar-refractivity contribution in [1.82, 2.24) is 4.90 Å². The van der Waals surface area contributed by atoms with Crippen molar-refractivity contribution in [2.45, 2.75) is 25.3 Å². The maximum Gasteiger partial charge on any atom is 0.407 e. The fourth-order valence-electron chi connectivity index (χ4n) is 2.92. The van der Waals surface area contributed by atoms with Gasteiger partial charge in [0, 0.05) is 25.7 Å². The highest BCUT2D eigenvalue weighted by Crippen LogP contribution is 2.35. The second-order valence-corrected chi connectivity index (χ2v) is 6.12. The van der Waals surface area contributed by atoms with Crippen LogP contribution in [0.3, 0.4) is 0 Å². The topological polar surface area (TPSA) is 107 Å². The lowest BCUT2D eigenvalue weighted by atomic mass is 9.89. The monoisotopic (exact) mass is 362 g/mol. The third-order valence-electron chi connectivity index (χ3n) is 4.34. The first kappa shape index (κ1) is 19.5. The summed E-state index contributed by atoms with van der Waals surface area (Å²) in [6, 6.07) is 10.8. The van der Waals surface area contributed by atoms with E-state index in [1.807, 2.05) is 0 Å². The maximum atomic E-state index is 12.3. The van der Waals surface area contributed by atoms with Crippen molar-refractivity contribution >= 4 is 6.09 Å². The fourth-order valence-corrected chi connectivity index (χ4v) is 2.92. The second kappa shape index (κ2) is 9.05. The zero-order chi connectivity index (χ0) is 19.1. The van der Waals surface area contributed by atoms with Crippen LogP contribution in [0, 0.1) is 5.82 Å². The molecule has 0 unspecified atom stereocenters. The molecule has 0 saturated carbocycles. The quantitative estimate of drug-likeness (QED) is 0.656. The van der Waals surface area contributed by atoms with Gasteiger partial charge in [-0.3, -0.25) is 0 Å². The Hall–Kier alpha value is -2.80. The van der Waals surface area contributed by atoms with E-state index in [2.05, 4.69) is 0 Å². The minimum Gasteiger partial charge on any atom is -0.508 e. The Bertz CT molecular complexity index is 746. The number of hydrogen-bond donors (Lipinski definition) is 4. The Kier molecular flexibility index (Phi) is 6.80. The highest BCUT2D eigenvalue weighted by Gasteiger charge is 2.24. The van der Waals surface area contributed by atoms with E-state index >= 15 is 0 Å². The van der Waals surface area contributed by atoms with Crippen LogP contribution in [-0.4, -0.2) is 39.4 Å². The average molecular weight is 362 g/mol. The van der Waals surface area contributed by atoms with Crippen molar-refractivity contribution in [3.8, 4) is 11.5 Å². The number of piperidine rings is 1. The number of amides is 1. The number of nitrogens with two attached hydrogens (primary N) is 1. The fraction of sp³-hybridized carbons (Fsp3) is 0.316. The van der Waals surface area contributed by atoms with Crippen molar-refractivity contribution in [3.63, 3.8) is 0 Å². The summed E-state index contributed by atoms with van der Waals surface area (Å²) >= 11 is 0. The number of phenolic OH excluding ortho intramolecular Hbond substituents is 2. The molecule has 2 aromatic rings. The van der Waals surface area contributed by atoms with Crippen LogP contribution in [0.5, 0.6) is 11.5 Å². The van der Waals surface area contributed by atoms with Crippen LogP contribution in [0.4, 0.5) is 9.18 Å². The van der Waals surface area contributed by atoms with E-state index in [-0.39, 0.29) is 23.2 Å².